The summed E-state index contributed by atoms with van der Waals surface area (Å²) in [6.07, 6.45) is 0. The fourth-order valence-corrected chi connectivity index (χ4v) is 8.61. The summed E-state index contributed by atoms with van der Waals surface area (Å²) in [5.74, 6) is 0. The second kappa shape index (κ2) is 13.2. The van der Waals surface area contributed by atoms with Crippen molar-refractivity contribution in [2.24, 2.45) is 0 Å². The van der Waals surface area contributed by atoms with Crippen LogP contribution in [0.3, 0.4) is 0 Å². The van der Waals surface area contributed by atoms with Gasteiger partial charge >= 0.3 is 0 Å². The van der Waals surface area contributed by atoms with Crippen molar-refractivity contribution in [3.63, 3.8) is 0 Å². The van der Waals surface area contributed by atoms with E-state index in [0.717, 1.165) is 55.7 Å². The number of anilines is 3. The monoisotopic (exact) mass is 713 g/mol. The van der Waals surface area contributed by atoms with Crippen molar-refractivity contribution in [2.75, 3.05) is 4.90 Å². The van der Waals surface area contributed by atoms with E-state index in [1.807, 2.05) is 0 Å². The summed E-state index contributed by atoms with van der Waals surface area (Å²) in [4.78, 5) is 2.41. The van der Waals surface area contributed by atoms with Gasteiger partial charge in [-0.2, -0.15) is 0 Å². The normalized spacial score (nSPS) is 11.6. The van der Waals surface area contributed by atoms with Crippen LogP contribution in [0.2, 0.25) is 0 Å². The molecule has 11 aromatic rings. The maximum absolute atomic E-state index is 6.99. The second-order valence-corrected chi connectivity index (χ2v) is 14.5. The van der Waals surface area contributed by atoms with Gasteiger partial charge in [-0.05, 0) is 79.5 Å². The number of benzene rings is 10. The number of nitrogens with zero attached hydrogens (tertiary/aromatic N) is 1. The quantitative estimate of drug-likeness (QED) is 0.160. The Hall–Kier alpha value is -7.42. The molecule has 11 rings (SSSR count). The molecule has 0 aliphatic rings. The minimum Gasteiger partial charge on any atom is -0.455 e. The van der Waals surface area contributed by atoms with E-state index in [1.165, 1.54) is 49.0 Å². The van der Waals surface area contributed by atoms with Gasteiger partial charge in [-0.3, -0.25) is 0 Å². The van der Waals surface area contributed by atoms with Gasteiger partial charge in [0, 0.05) is 38.7 Å². The zero-order valence-corrected chi connectivity index (χ0v) is 30.6. The molecule has 0 fully saturated rings. The summed E-state index contributed by atoms with van der Waals surface area (Å²) in [5.41, 5.74) is 11.9. The van der Waals surface area contributed by atoms with Gasteiger partial charge in [0.25, 0.3) is 0 Å². The van der Waals surface area contributed by atoms with Crippen LogP contribution in [-0.2, 0) is 0 Å². The molecule has 56 heavy (non-hydrogen) atoms. The van der Waals surface area contributed by atoms with Gasteiger partial charge in [0.2, 0.25) is 0 Å². The summed E-state index contributed by atoms with van der Waals surface area (Å²) in [5, 5.41) is 9.55. The lowest BCUT2D eigenvalue weighted by molar-refractivity contribution is 0.671. The standard InChI is InChI=1S/C54H35NO/c1-2-14-36(15-3-1)37-30-32-41(33-31-37)55(52-35-40-17-5-7-22-44(40)46-23-8-9-24-48(46)52)42-20-10-19-39(34-42)45-25-12-28-50-51-29-13-27-49(54(51)56-53(45)50)47-26-11-18-38-16-4-6-21-43(38)47/h1-35H. The number of hydrogen-bond donors (Lipinski definition) is 0. The van der Waals surface area contributed by atoms with Crippen LogP contribution < -0.4 is 4.90 Å². The largest absolute Gasteiger partial charge is 0.455 e. The first kappa shape index (κ1) is 32.0. The van der Waals surface area contributed by atoms with Gasteiger partial charge < -0.3 is 9.32 Å². The Kier molecular flexibility index (Phi) is 7.53. The van der Waals surface area contributed by atoms with Gasteiger partial charge in [0.05, 0.1) is 5.69 Å². The molecule has 262 valence electrons. The average molecular weight is 714 g/mol. The van der Waals surface area contributed by atoms with Crippen molar-refractivity contribution in [1.82, 2.24) is 0 Å². The van der Waals surface area contributed by atoms with Gasteiger partial charge in [-0.1, -0.05) is 182 Å². The average Bonchev–Trinajstić information content (AvgIpc) is 3.66. The number of fused-ring (bicyclic) bond motifs is 7. The first-order valence-electron chi connectivity index (χ1n) is 19.2. The molecule has 0 aliphatic heterocycles. The van der Waals surface area contributed by atoms with Crippen molar-refractivity contribution in [3.05, 3.63) is 212 Å². The lowest BCUT2D eigenvalue weighted by Gasteiger charge is -2.28. The fourth-order valence-electron chi connectivity index (χ4n) is 8.61. The summed E-state index contributed by atoms with van der Waals surface area (Å²) < 4.78 is 6.99. The van der Waals surface area contributed by atoms with E-state index in [9.17, 15) is 0 Å². The van der Waals surface area contributed by atoms with Crippen molar-refractivity contribution < 1.29 is 4.42 Å². The van der Waals surface area contributed by atoms with Crippen LogP contribution in [0.15, 0.2) is 217 Å². The maximum Gasteiger partial charge on any atom is 0.143 e. The predicted octanol–water partition coefficient (Wildman–Crippen LogP) is 15.5. The summed E-state index contributed by atoms with van der Waals surface area (Å²) in [6.45, 7) is 0. The highest BCUT2D eigenvalue weighted by Gasteiger charge is 2.20. The maximum atomic E-state index is 6.99. The summed E-state index contributed by atoms with van der Waals surface area (Å²) >= 11 is 0. The SMILES string of the molecule is c1ccc(-c2ccc(N(c3cccc(-c4cccc5c4oc4c(-c6cccc7ccccc67)cccc45)c3)c3cc4ccccc4c4ccccc34)cc2)cc1. The molecule has 0 aliphatic carbocycles. The topological polar surface area (TPSA) is 16.4 Å². The molecule has 10 aromatic carbocycles. The first-order chi connectivity index (χ1) is 27.8. The number of para-hydroxylation sites is 2. The highest BCUT2D eigenvalue weighted by atomic mass is 16.3. The first-order valence-corrected chi connectivity index (χ1v) is 19.2. The Morgan fingerprint density at radius 3 is 1.62 bits per heavy atom. The van der Waals surface area contributed by atoms with Gasteiger partial charge in [-0.25, -0.2) is 0 Å². The lowest BCUT2D eigenvalue weighted by Crippen LogP contribution is -2.10. The zero-order valence-electron chi connectivity index (χ0n) is 30.6. The van der Waals surface area contributed by atoms with Crippen LogP contribution in [0.1, 0.15) is 0 Å². The van der Waals surface area contributed by atoms with E-state index in [4.69, 9.17) is 4.42 Å². The molecule has 0 atom stereocenters. The van der Waals surface area contributed by atoms with E-state index in [0.29, 0.717) is 0 Å². The molecular formula is C54H35NO. The van der Waals surface area contributed by atoms with Crippen molar-refractivity contribution in [3.8, 4) is 33.4 Å². The van der Waals surface area contributed by atoms with E-state index >= 15 is 0 Å². The Morgan fingerprint density at radius 1 is 0.286 bits per heavy atom. The minimum absolute atomic E-state index is 0.891. The fraction of sp³-hybridized carbons (Fsp3) is 0. The Morgan fingerprint density at radius 2 is 0.821 bits per heavy atom. The molecule has 0 spiro atoms. The summed E-state index contributed by atoms with van der Waals surface area (Å²) in [7, 11) is 0. The molecule has 0 radical (unpaired) electrons. The second-order valence-electron chi connectivity index (χ2n) is 14.5. The van der Waals surface area contributed by atoms with Crippen LogP contribution in [0.5, 0.6) is 0 Å². The number of furan rings is 1. The Labute approximate surface area is 325 Å². The smallest absolute Gasteiger partial charge is 0.143 e. The molecule has 0 N–H and O–H groups in total. The van der Waals surface area contributed by atoms with Crippen LogP contribution >= 0.6 is 0 Å². The number of rotatable bonds is 6. The molecule has 1 heterocycles. The van der Waals surface area contributed by atoms with Gasteiger partial charge in [0.15, 0.2) is 0 Å². The zero-order chi connectivity index (χ0) is 37.0. The molecule has 2 nitrogen and oxygen atoms in total. The van der Waals surface area contributed by atoms with E-state index in [2.05, 4.69) is 217 Å². The van der Waals surface area contributed by atoms with Crippen molar-refractivity contribution in [2.45, 2.75) is 0 Å². The Bertz CT molecular complexity index is 3240. The third-order valence-corrected chi connectivity index (χ3v) is 11.2. The highest BCUT2D eigenvalue weighted by molar-refractivity contribution is 6.16. The Balaban J connectivity index is 1.10. The van der Waals surface area contributed by atoms with E-state index < -0.39 is 0 Å². The molecular weight excluding hydrogens is 679 g/mol. The molecule has 0 amide bonds. The lowest BCUT2D eigenvalue weighted by atomic mass is 9.96. The molecule has 0 bridgehead atoms. The van der Waals surface area contributed by atoms with Crippen LogP contribution in [0.4, 0.5) is 17.1 Å². The van der Waals surface area contributed by atoms with Gasteiger partial charge in [0.1, 0.15) is 11.2 Å². The third kappa shape index (κ3) is 5.26. The van der Waals surface area contributed by atoms with Crippen LogP contribution in [0, 0.1) is 0 Å². The number of hydrogen-bond acceptors (Lipinski definition) is 2. The van der Waals surface area contributed by atoms with Crippen molar-refractivity contribution >= 4 is 71.3 Å². The molecule has 0 saturated heterocycles. The third-order valence-electron chi connectivity index (χ3n) is 11.2. The minimum atomic E-state index is 0.891. The highest BCUT2D eigenvalue weighted by Crippen LogP contribution is 2.45. The van der Waals surface area contributed by atoms with Gasteiger partial charge in [-0.15, -0.1) is 0 Å². The summed E-state index contributed by atoms with van der Waals surface area (Å²) in [6, 6.07) is 76.3. The molecule has 0 unspecified atom stereocenters. The molecule has 0 saturated carbocycles. The molecule has 2 heteroatoms. The van der Waals surface area contributed by atoms with E-state index in [1.54, 1.807) is 0 Å². The van der Waals surface area contributed by atoms with Crippen LogP contribution in [-0.4, -0.2) is 0 Å². The van der Waals surface area contributed by atoms with Crippen LogP contribution in [0.25, 0.3) is 87.6 Å². The van der Waals surface area contributed by atoms with Crippen molar-refractivity contribution in [1.29, 1.82) is 0 Å². The molecule has 1 aromatic heterocycles. The van der Waals surface area contributed by atoms with E-state index in [-0.39, 0.29) is 0 Å². The predicted molar refractivity (Wildman–Crippen MR) is 237 cm³/mol.